The molecule has 9 heteroatoms. The van der Waals surface area contributed by atoms with Crippen LogP contribution in [0.4, 0.5) is 0 Å². The molecule has 3 aromatic heterocycles. The normalized spacial score (nSPS) is 25.9. The predicted octanol–water partition coefficient (Wildman–Crippen LogP) is 1.38. The third-order valence-electron chi connectivity index (χ3n) is 8.90. The largest absolute Gasteiger partial charge is 2.00 e. The molecule has 1 saturated heterocycles. The molecule has 206 valence electrons. The number of aliphatic hydroxyl groups is 1. The molecule has 1 unspecified atom stereocenters. The second-order valence-electron chi connectivity index (χ2n) is 10.9. The van der Waals surface area contributed by atoms with Crippen LogP contribution in [0.2, 0.25) is 0 Å². The van der Waals surface area contributed by atoms with Gasteiger partial charge in [0.15, 0.2) is 5.78 Å². The quantitative estimate of drug-likeness (QED) is 0.367. The summed E-state index contributed by atoms with van der Waals surface area (Å²) < 4.78 is 0. The van der Waals surface area contributed by atoms with Crippen molar-refractivity contribution in [3.05, 3.63) is 83.8 Å². The van der Waals surface area contributed by atoms with Gasteiger partial charge in [-0.25, -0.2) is 0 Å². The van der Waals surface area contributed by atoms with Crippen LogP contribution in [-0.4, -0.2) is 51.1 Å². The standard InChI is InChI=1S/C32H30N4O4.Mg/c1-7-17-15(5)21-9-20-13(3)14(4)29(35-20)27-28(32(39)40)31(38)26-16(6)22(36-30(26)27)10-24-18(8-2)19(12-37)25(34-24)11-23(17)33-21;/h7,9-14,28-29H,1,8H2,2-6H3,(H,37,38)(H,39,40);/q-4;+2/b20-9+,25-11-;/t13-,14-,28+,29?;/m0./s1. The van der Waals surface area contributed by atoms with Crippen LogP contribution in [0.15, 0.2) is 12.3 Å². The minimum Gasteiger partial charge on any atom is -0.681 e. The van der Waals surface area contributed by atoms with Gasteiger partial charge in [-0.15, -0.1) is 33.1 Å². The number of carboxylic acid groups (broad SMARTS) is 1. The minimum atomic E-state index is -1.32. The predicted molar refractivity (Wildman–Crippen MR) is 159 cm³/mol. The number of rotatable bonds is 3. The van der Waals surface area contributed by atoms with E-state index in [-0.39, 0.29) is 34.9 Å². The van der Waals surface area contributed by atoms with Crippen LogP contribution in [-0.2, 0) is 11.2 Å². The van der Waals surface area contributed by atoms with Crippen LogP contribution in [0.25, 0.3) is 41.5 Å². The Balaban J connectivity index is 0.00000337. The molecule has 2 N–H and O–H groups in total. The summed E-state index contributed by atoms with van der Waals surface area (Å²) in [6, 6.07) is -0.506. The number of carbonyl (C=O) groups is 2. The number of fused-ring (bicyclic) bond motifs is 8. The zero-order valence-corrected chi connectivity index (χ0v) is 25.2. The number of Topliss-reactive ketones (excluding diaryl/α,β-unsaturated/α-hetero) is 1. The molecule has 0 amide bonds. The second-order valence-corrected chi connectivity index (χ2v) is 10.9. The maximum Gasteiger partial charge on any atom is 2.00 e. The monoisotopic (exact) mass is 558 g/mol. The van der Waals surface area contributed by atoms with Gasteiger partial charge in [0, 0.05) is 5.56 Å². The average molecular weight is 559 g/mol. The summed E-state index contributed by atoms with van der Waals surface area (Å²) in [5.41, 5.74) is 6.92. The van der Waals surface area contributed by atoms with Crippen molar-refractivity contribution < 1.29 is 19.8 Å². The average Bonchev–Trinajstić information content (AvgIpc) is 3.65. The first-order chi connectivity index (χ1) is 19.1. The second kappa shape index (κ2) is 10.3. The molecule has 0 saturated carbocycles. The molecule has 3 aromatic rings. The molecule has 41 heavy (non-hydrogen) atoms. The molecule has 6 rings (SSSR count). The summed E-state index contributed by atoms with van der Waals surface area (Å²) >= 11 is 0. The Bertz CT molecular complexity index is 1920. The number of aliphatic carboxylic acids is 1. The van der Waals surface area contributed by atoms with Crippen molar-refractivity contribution in [1.82, 2.24) is 15.0 Å². The smallest absolute Gasteiger partial charge is 0.681 e. The van der Waals surface area contributed by atoms with Gasteiger partial charge in [-0.2, -0.15) is 5.70 Å². The summed E-state index contributed by atoms with van der Waals surface area (Å²) in [5.74, 6) is -3.00. The zero-order chi connectivity index (χ0) is 28.6. The van der Waals surface area contributed by atoms with Gasteiger partial charge >= 0.3 is 29.0 Å². The van der Waals surface area contributed by atoms with Gasteiger partial charge in [0.1, 0.15) is 5.92 Å². The van der Waals surface area contributed by atoms with E-state index in [0.29, 0.717) is 55.8 Å². The van der Waals surface area contributed by atoms with Crippen LogP contribution in [0.1, 0.15) is 70.5 Å². The van der Waals surface area contributed by atoms with Crippen molar-refractivity contribution in [1.29, 1.82) is 0 Å². The minimum absolute atomic E-state index is 0. The van der Waals surface area contributed by atoms with Crippen molar-refractivity contribution in [3.8, 4) is 0 Å². The molecule has 8 bridgehead atoms. The molecule has 5 heterocycles. The molecule has 1 fully saturated rings. The SMILES string of the molecule is C=Cc1c2[n-]c(c1C)/C=C1/[N-]C(C3=c4[n-]/c(c(C)c4C(=O)[C@@H]3C(=O)O)=C\c3[n-]c(/c(=C\O)c3CC)=C\2)[C@@H](C)[C@@H]1C.[Mg+2]. The number of hydrogen-bond donors (Lipinski definition) is 2. The third kappa shape index (κ3) is 4.08. The molecule has 2 aliphatic heterocycles. The first kappa shape index (κ1) is 28.8. The van der Waals surface area contributed by atoms with E-state index in [0.717, 1.165) is 34.3 Å². The molecule has 0 aromatic carbocycles. The third-order valence-corrected chi connectivity index (χ3v) is 8.90. The van der Waals surface area contributed by atoms with Crippen LogP contribution >= 0.6 is 0 Å². The van der Waals surface area contributed by atoms with Gasteiger partial charge in [0.05, 0.1) is 6.26 Å². The number of aliphatic hydroxyl groups excluding tert-OH is 1. The fraction of sp³-hybridized carbons (Fsp3) is 0.312. The number of hydrogen-bond acceptors (Lipinski definition) is 3. The fourth-order valence-electron chi connectivity index (χ4n) is 6.46. The van der Waals surface area contributed by atoms with Crippen LogP contribution < -0.4 is 36.2 Å². The summed E-state index contributed by atoms with van der Waals surface area (Å²) in [5, 5.41) is 27.5. The van der Waals surface area contributed by atoms with E-state index in [9.17, 15) is 19.8 Å². The first-order valence-corrected chi connectivity index (χ1v) is 13.5. The Morgan fingerprint density at radius 2 is 1.73 bits per heavy atom. The molecule has 4 atom stereocenters. The van der Waals surface area contributed by atoms with Gasteiger partial charge in [0.25, 0.3) is 0 Å². The van der Waals surface area contributed by atoms with Crippen molar-refractivity contribution in [2.24, 2.45) is 17.8 Å². The van der Waals surface area contributed by atoms with Crippen molar-refractivity contribution in [3.63, 3.8) is 0 Å². The molecular weight excluding hydrogens is 529 g/mol. The topological polar surface area (TPSA) is 131 Å². The van der Waals surface area contributed by atoms with E-state index < -0.39 is 23.7 Å². The Kier molecular flexibility index (Phi) is 7.24. The Labute approximate surface area is 253 Å². The summed E-state index contributed by atoms with van der Waals surface area (Å²) in [4.78, 5) is 40.6. The molecular formula is C32H30MgN4O4-2. The van der Waals surface area contributed by atoms with Crippen LogP contribution in [0.5, 0.6) is 0 Å². The van der Waals surface area contributed by atoms with Crippen molar-refractivity contribution in [2.75, 3.05) is 0 Å². The summed E-state index contributed by atoms with van der Waals surface area (Å²) in [6.07, 6.45) is 9.05. The summed E-state index contributed by atoms with van der Waals surface area (Å²) in [7, 11) is 0. The number of ketones is 1. The Morgan fingerprint density at radius 1 is 1.02 bits per heavy atom. The number of carboxylic acids is 1. The van der Waals surface area contributed by atoms with Gasteiger partial charge in [-0.05, 0) is 42.9 Å². The molecule has 3 aliphatic rings. The van der Waals surface area contributed by atoms with Gasteiger partial charge in [-0.3, -0.25) is 9.59 Å². The van der Waals surface area contributed by atoms with E-state index in [1.54, 1.807) is 13.0 Å². The van der Waals surface area contributed by atoms with Gasteiger partial charge in [-0.1, -0.05) is 80.0 Å². The van der Waals surface area contributed by atoms with Gasteiger partial charge in [0.2, 0.25) is 0 Å². The molecule has 0 spiro atoms. The van der Waals surface area contributed by atoms with E-state index in [4.69, 9.17) is 20.3 Å². The fourth-order valence-corrected chi connectivity index (χ4v) is 6.46. The number of aromatic nitrogens is 3. The first-order valence-electron chi connectivity index (χ1n) is 13.5. The molecule has 8 nitrogen and oxygen atoms in total. The zero-order valence-electron chi connectivity index (χ0n) is 23.8. The molecule has 0 radical (unpaired) electrons. The van der Waals surface area contributed by atoms with E-state index >= 15 is 0 Å². The van der Waals surface area contributed by atoms with E-state index in [1.807, 2.05) is 39.0 Å². The van der Waals surface area contributed by atoms with E-state index in [2.05, 4.69) is 13.5 Å². The van der Waals surface area contributed by atoms with Gasteiger partial charge < -0.3 is 30.5 Å². The maximum atomic E-state index is 13.6. The number of carbonyl (C=O) groups excluding carboxylic acids is 1. The number of nitrogens with zero attached hydrogens (tertiary/aromatic N) is 4. The van der Waals surface area contributed by atoms with Crippen molar-refractivity contribution >= 4 is 70.9 Å². The Hall–Kier alpha value is -3.69. The van der Waals surface area contributed by atoms with Crippen LogP contribution in [0.3, 0.4) is 0 Å². The van der Waals surface area contributed by atoms with E-state index in [1.165, 1.54) is 0 Å². The van der Waals surface area contributed by atoms with Crippen LogP contribution in [0, 0.1) is 31.6 Å². The number of allylic oxidation sites excluding steroid dienone is 1. The molecule has 1 aliphatic carbocycles. The van der Waals surface area contributed by atoms with Crippen molar-refractivity contribution in [2.45, 2.75) is 47.1 Å². The Morgan fingerprint density at radius 3 is 2.37 bits per heavy atom. The maximum absolute atomic E-state index is 13.6. The summed E-state index contributed by atoms with van der Waals surface area (Å²) in [6.45, 7) is 13.9.